The molecule has 4 heteroatoms. The van der Waals surface area contributed by atoms with Gasteiger partial charge in [0.2, 0.25) is 0 Å². The third kappa shape index (κ3) is 1.40. The summed E-state index contributed by atoms with van der Waals surface area (Å²) >= 11 is 0. The Labute approximate surface area is 67.6 Å². The van der Waals surface area contributed by atoms with Crippen LogP contribution in [0.4, 0.5) is 11.4 Å². The highest BCUT2D eigenvalue weighted by Gasteiger charge is 2.06. The van der Waals surface area contributed by atoms with Crippen LogP contribution in [0.25, 0.3) is 0 Å². The van der Waals surface area contributed by atoms with Gasteiger partial charge in [-0.25, -0.2) is 4.79 Å². The molecule has 0 saturated heterocycles. The molecule has 0 heterocycles. The molecule has 11 heavy (non-hydrogen) atoms. The third-order valence-corrected chi connectivity index (χ3v) is 1.07. The molecular weight excluding hydrogens is 144 g/mol. The van der Waals surface area contributed by atoms with Gasteiger partial charge in [0.25, 0.3) is 0 Å². The lowest BCUT2D eigenvalue weighted by molar-refractivity contribution is 0.0698. The maximum atomic E-state index is 10.7. The number of hydrogen-bond donors (Lipinski definition) is 3. The number of nitrogens with two attached hydrogens (primary N) is 2. The Hall–Kier alpha value is -1.71. The van der Waals surface area contributed by atoms with E-state index in [1.54, 1.807) is 0 Å². The highest BCUT2D eigenvalue weighted by Crippen LogP contribution is 2.14. The van der Waals surface area contributed by atoms with Gasteiger partial charge in [-0.1, -0.05) is 0 Å². The Morgan fingerprint density at radius 3 is 2.73 bits per heavy atom. The summed E-state index contributed by atoms with van der Waals surface area (Å²) in [6.07, 6.45) is 0. The minimum Gasteiger partial charge on any atom is -0.478 e. The van der Waals surface area contributed by atoms with Crippen LogP contribution in [0.1, 0.15) is 14.5 Å². The zero-order valence-corrected chi connectivity index (χ0v) is 5.51. The van der Waals surface area contributed by atoms with Gasteiger partial charge in [-0.05, 0) is 18.1 Å². The summed E-state index contributed by atoms with van der Waals surface area (Å²) in [5, 5.41) is 8.69. The molecule has 0 fully saturated rings. The molecule has 0 radical (unpaired) electrons. The van der Waals surface area contributed by atoms with Crippen LogP contribution >= 0.6 is 0 Å². The molecule has 4 nitrogen and oxygen atoms in total. The van der Waals surface area contributed by atoms with Crippen LogP contribution in [0.15, 0.2) is 18.1 Å². The van der Waals surface area contributed by atoms with Crippen molar-refractivity contribution in [1.82, 2.24) is 0 Å². The first-order chi connectivity index (χ1) is 6.37. The predicted molar refractivity (Wildman–Crippen MR) is 42.2 cm³/mol. The van der Waals surface area contributed by atoms with E-state index in [2.05, 4.69) is 0 Å². The minimum absolute atomic E-state index is 0.346. The number of anilines is 2. The SMILES string of the molecule is [2H]c1c([2H])c(N)c(C(=O)O)c([2H])c1N. The molecule has 0 atom stereocenters. The van der Waals surface area contributed by atoms with Crippen molar-refractivity contribution in [3.8, 4) is 0 Å². The standard InChI is InChI=1S/C7H8N2O2/c8-4-1-2-6(9)5(3-4)7(10)11/h1-3H,8-9H2,(H,10,11)/i1D,2D,3D. The number of benzene rings is 1. The molecule has 0 spiro atoms. The van der Waals surface area contributed by atoms with Crippen LogP contribution in [0.5, 0.6) is 0 Å². The van der Waals surface area contributed by atoms with Crippen molar-refractivity contribution >= 4 is 17.3 Å². The molecule has 0 aliphatic heterocycles. The summed E-state index contributed by atoms with van der Waals surface area (Å²) in [5.41, 5.74) is 9.30. The Morgan fingerprint density at radius 1 is 1.55 bits per heavy atom. The fraction of sp³-hybridized carbons (Fsp3) is 0. The van der Waals surface area contributed by atoms with Crippen molar-refractivity contribution in [2.24, 2.45) is 0 Å². The topological polar surface area (TPSA) is 89.3 Å². The molecule has 0 bridgehead atoms. The van der Waals surface area contributed by atoms with Crippen molar-refractivity contribution in [3.63, 3.8) is 0 Å². The van der Waals surface area contributed by atoms with Crippen molar-refractivity contribution in [2.45, 2.75) is 0 Å². The first kappa shape index (κ1) is 4.23. The molecule has 0 aliphatic rings. The predicted octanol–water partition coefficient (Wildman–Crippen LogP) is 0.549. The molecule has 0 aromatic heterocycles. The Balaban J connectivity index is 3.68. The molecule has 0 unspecified atom stereocenters. The number of aromatic carboxylic acids is 1. The summed E-state index contributed by atoms with van der Waals surface area (Å²) in [7, 11) is 0. The second-order valence-electron chi connectivity index (χ2n) is 1.88. The van der Waals surface area contributed by atoms with E-state index in [9.17, 15) is 4.79 Å². The van der Waals surface area contributed by atoms with E-state index in [1.165, 1.54) is 0 Å². The first-order valence-corrected chi connectivity index (χ1v) is 2.76. The van der Waals surface area contributed by atoms with E-state index in [-0.39, 0.29) is 5.69 Å². The van der Waals surface area contributed by atoms with Gasteiger partial charge in [0.05, 0.1) is 9.68 Å². The summed E-state index contributed by atoms with van der Waals surface area (Å²) in [6, 6.07) is -1.40. The number of rotatable bonds is 1. The van der Waals surface area contributed by atoms with E-state index in [0.717, 1.165) is 0 Å². The van der Waals surface area contributed by atoms with Crippen LogP contribution in [0.3, 0.4) is 0 Å². The molecule has 1 aromatic carbocycles. The largest absolute Gasteiger partial charge is 0.478 e. The lowest BCUT2D eigenvalue weighted by atomic mass is 10.1. The molecule has 1 aromatic rings. The number of carboxylic acids is 1. The van der Waals surface area contributed by atoms with Crippen molar-refractivity contribution in [1.29, 1.82) is 0 Å². The Kier molecular flexibility index (Phi) is 0.958. The highest BCUT2D eigenvalue weighted by atomic mass is 16.4. The molecule has 5 N–H and O–H groups in total. The van der Waals surface area contributed by atoms with Crippen LogP contribution in [0, 0.1) is 0 Å². The maximum absolute atomic E-state index is 10.7. The molecule has 0 aliphatic carbocycles. The van der Waals surface area contributed by atoms with E-state index in [4.69, 9.17) is 20.7 Å². The monoisotopic (exact) mass is 155 g/mol. The molecule has 58 valence electrons. The highest BCUT2D eigenvalue weighted by molar-refractivity contribution is 5.94. The normalized spacial score (nSPS) is 13.3. The van der Waals surface area contributed by atoms with Gasteiger partial charge in [-0.15, -0.1) is 0 Å². The van der Waals surface area contributed by atoms with Crippen molar-refractivity contribution < 1.29 is 14.0 Å². The van der Waals surface area contributed by atoms with E-state index in [0.29, 0.717) is 0 Å². The quantitative estimate of drug-likeness (QED) is 0.516. The fourth-order valence-corrected chi connectivity index (χ4v) is 0.599. The van der Waals surface area contributed by atoms with Crippen LogP contribution in [0.2, 0.25) is 0 Å². The summed E-state index contributed by atoms with van der Waals surface area (Å²) < 4.78 is 21.8. The average molecular weight is 155 g/mol. The van der Waals surface area contributed by atoms with Gasteiger partial charge in [-0.2, -0.15) is 0 Å². The zero-order chi connectivity index (χ0) is 11.0. The maximum Gasteiger partial charge on any atom is 0.337 e. The second-order valence-corrected chi connectivity index (χ2v) is 1.88. The lowest BCUT2D eigenvalue weighted by Crippen LogP contribution is -2.02. The van der Waals surface area contributed by atoms with Crippen molar-refractivity contribution in [3.05, 3.63) is 23.7 Å². The van der Waals surface area contributed by atoms with E-state index >= 15 is 0 Å². The van der Waals surface area contributed by atoms with E-state index in [1.807, 2.05) is 0 Å². The third-order valence-electron chi connectivity index (χ3n) is 1.07. The molecule has 1 rings (SSSR count). The molecule has 0 saturated carbocycles. The second kappa shape index (κ2) is 2.49. The van der Waals surface area contributed by atoms with Gasteiger partial charge in [-0.3, -0.25) is 0 Å². The van der Waals surface area contributed by atoms with Gasteiger partial charge in [0, 0.05) is 11.4 Å². The summed E-state index contributed by atoms with van der Waals surface area (Å²) in [6.45, 7) is 0. The van der Waals surface area contributed by atoms with Crippen LogP contribution in [-0.4, -0.2) is 11.1 Å². The van der Waals surface area contributed by atoms with Crippen LogP contribution in [-0.2, 0) is 0 Å². The van der Waals surface area contributed by atoms with Gasteiger partial charge < -0.3 is 16.6 Å². The zero-order valence-electron chi connectivity index (χ0n) is 8.51. The number of hydrogen-bond acceptors (Lipinski definition) is 3. The minimum atomic E-state index is -1.42. The van der Waals surface area contributed by atoms with Crippen molar-refractivity contribution in [2.75, 3.05) is 11.5 Å². The number of carbonyl (C=O) groups is 1. The molecular formula is C7H8N2O2. The lowest BCUT2D eigenvalue weighted by Gasteiger charge is -2.00. The Morgan fingerprint density at radius 2 is 2.18 bits per heavy atom. The Bertz CT molecular complexity index is 391. The fourth-order valence-electron chi connectivity index (χ4n) is 0.599. The summed E-state index contributed by atoms with van der Waals surface area (Å²) in [4.78, 5) is 10.7. The smallest absolute Gasteiger partial charge is 0.337 e. The summed E-state index contributed by atoms with van der Waals surface area (Å²) in [5.74, 6) is -1.42. The first-order valence-electron chi connectivity index (χ1n) is 4.26. The molecule has 0 amide bonds. The van der Waals surface area contributed by atoms with Gasteiger partial charge in [0.15, 0.2) is 0 Å². The van der Waals surface area contributed by atoms with Gasteiger partial charge in [0.1, 0.15) is 0 Å². The van der Waals surface area contributed by atoms with Crippen LogP contribution < -0.4 is 11.5 Å². The van der Waals surface area contributed by atoms with E-state index < -0.39 is 35.3 Å². The number of carboxylic acid groups (broad SMARTS) is 1. The average Bonchev–Trinajstić information content (AvgIpc) is 2.11. The van der Waals surface area contributed by atoms with Gasteiger partial charge >= 0.3 is 5.97 Å². The number of nitrogen functional groups attached to an aromatic ring is 2.